The van der Waals surface area contributed by atoms with Gasteiger partial charge in [0.25, 0.3) is 0 Å². The van der Waals surface area contributed by atoms with E-state index in [9.17, 15) is 0 Å². The van der Waals surface area contributed by atoms with Crippen LogP contribution in [0.3, 0.4) is 0 Å². The summed E-state index contributed by atoms with van der Waals surface area (Å²) in [5, 5.41) is 0. The summed E-state index contributed by atoms with van der Waals surface area (Å²) in [6.45, 7) is 9.68. The number of rotatable bonds is 5. The highest BCUT2D eigenvalue weighted by atomic mass is 15.1. The van der Waals surface area contributed by atoms with Crippen molar-refractivity contribution in [3.05, 3.63) is 162 Å². The molecule has 4 saturated carbocycles. The van der Waals surface area contributed by atoms with Crippen LogP contribution in [0.4, 0.5) is 17.1 Å². The minimum Gasteiger partial charge on any atom is -0.310 e. The lowest BCUT2D eigenvalue weighted by Crippen LogP contribution is -2.73. The van der Waals surface area contributed by atoms with Gasteiger partial charge in [-0.15, -0.1) is 0 Å². The van der Waals surface area contributed by atoms with Gasteiger partial charge in [-0.05, 0) is 165 Å². The lowest BCUT2D eigenvalue weighted by Gasteiger charge is -2.76. The lowest BCUT2D eigenvalue weighted by molar-refractivity contribution is -0.231. The quantitative estimate of drug-likeness (QED) is 0.172. The number of hydrogen-bond donors (Lipinski definition) is 0. The fourth-order valence-electron chi connectivity index (χ4n) is 14.0. The zero-order valence-corrected chi connectivity index (χ0v) is 32.8. The van der Waals surface area contributed by atoms with Crippen LogP contribution >= 0.6 is 0 Å². The first-order valence-corrected chi connectivity index (χ1v) is 21.1. The molecule has 0 aliphatic heterocycles. The minimum absolute atomic E-state index is 0.164. The molecule has 2 bridgehead atoms. The van der Waals surface area contributed by atoms with Crippen LogP contribution < -0.4 is 4.90 Å². The fraction of sp³-hybridized carbons (Fsp3) is 0.333. The first kappa shape index (κ1) is 32.4. The maximum absolute atomic E-state index is 2.67. The molecule has 12 rings (SSSR count). The normalized spacial score (nSPS) is 29.1. The van der Waals surface area contributed by atoms with Crippen LogP contribution in [-0.2, 0) is 16.2 Å². The maximum atomic E-state index is 2.67. The van der Waals surface area contributed by atoms with Gasteiger partial charge in [0.05, 0.1) is 5.69 Å². The largest absolute Gasteiger partial charge is 0.310 e. The summed E-state index contributed by atoms with van der Waals surface area (Å²) >= 11 is 0. The van der Waals surface area contributed by atoms with E-state index < -0.39 is 0 Å². The molecule has 6 aliphatic rings. The van der Waals surface area contributed by atoms with E-state index in [0.717, 1.165) is 23.7 Å². The van der Waals surface area contributed by atoms with Gasteiger partial charge in [-0.1, -0.05) is 131 Å². The van der Waals surface area contributed by atoms with Gasteiger partial charge in [0.1, 0.15) is 0 Å². The molecule has 0 radical (unpaired) electrons. The highest BCUT2D eigenvalue weighted by Gasteiger charge is 2.84. The van der Waals surface area contributed by atoms with Gasteiger partial charge < -0.3 is 4.90 Å². The Morgan fingerprint density at radius 2 is 1.13 bits per heavy atom. The van der Waals surface area contributed by atoms with Crippen LogP contribution in [-0.4, -0.2) is 0 Å². The Morgan fingerprint density at radius 3 is 1.89 bits per heavy atom. The Balaban J connectivity index is 1.03. The fourth-order valence-corrected chi connectivity index (χ4v) is 14.0. The second-order valence-corrected chi connectivity index (χ2v) is 19.6. The smallest absolute Gasteiger partial charge is 0.0546 e. The van der Waals surface area contributed by atoms with Crippen LogP contribution in [0.5, 0.6) is 0 Å². The maximum Gasteiger partial charge on any atom is 0.0546 e. The molecule has 6 unspecified atom stereocenters. The van der Waals surface area contributed by atoms with Crippen molar-refractivity contribution in [3.8, 4) is 33.4 Å². The van der Waals surface area contributed by atoms with Gasteiger partial charge in [0.2, 0.25) is 0 Å². The molecule has 0 saturated heterocycles. The average molecular weight is 714 g/mol. The van der Waals surface area contributed by atoms with Crippen LogP contribution in [0.2, 0.25) is 0 Å². The Bertz CT molecular complexity index is 2530. The van der Waals surface area contributed by atoms with E-state index in [1.165, 1.54) is 100 Å². The molecule has 1 heteroatoms. The van der Waals surface area contributed by atoms with E-state index in [-0.39, 0.29) is 16.2 Å². The third-order valence-corrected chi connectivity index (χ3v) is 16.4. The summed E-state index contributed by atoms with van der Waals surface area (Å²) in [6, 6.07) is 53.8. The van der Waals surface area contributed by atoms with Gasteiger partial charge >= 0.3 is 0 Å². The zero-order valence-electron chi connectivity index (χ0n) is 32.8. The molecule has 0 amide bonds. The van der Waals surface area contributed by atoms with Crippen LogP contribution in [0.25, 0.3) is 33.4 Å². The summed E-state index contributed by atoms with van der Waals surface area (Å²) in [5.74, 6) is 3.50. The first-order chi connectivity index (χ1) is 26.7. The van der Waals surface area contributed by atoms with Crippen molar-refractivity contribution in [2.75, 3.05) is 4.90 Å². The summed E-state index contributed by atoms with van der Waals surface area (Å²) in [5.41, 5.74) is 19.2. The predicted octanol–water partition coefficient (Wildman–Crippen LogP) is 14.2. The number of benzene rings is 6. The van der Waals surface area contributed by atoms with Gasteiger partial charge in [-0.3, -0.25) is 0 Å². The topological polar surface area (TPSA) is 3.24 Å². The molecule has 6 aromatic rings. The summed E-state index contributed by atoms with van der Waals surface area (Å²) < 4.78 is 0. The third kappa shape index (κ3) is 4.10. The van der Waals surface area contributed by atoms with E-state index in [2.05, 4.69) is 172 Å². The lowest BCUT2D eigenvalue weighted by atomic mass is 9.27. The summed E-state index contributed by atoms with van der Waals surface area (Å²) in [7, 11) is 0. The van der Waals surface area contributed by atoms with E-state index in [1.54, 1.807) is 11.1 Å². The second kappa shape index (κ2) is 10.9. The van der Waals surface area contributed by atoms with E-state index >= 15 is 0 Å². The van der Waals surface area contributed by atoms with E-state index in [4.69, 9.17) is 0 Å². The van der Waals surface area contributed by atoms with Crippen molar-refractivity contribution in [2.24, 2.45) is 29.1 Å². The molecule has 0 aromatic heterocycles. The number of fused-ring (bicyclic) bond motifs is 9. The molecule has 6 aromatic carbocycles. The van der Waals surface area contributed by atoms with Crippen LogP contribution in [0.1, 0.15) is 88.5 Å². The number of nitrogens with zero attached hydrogens (tertiary/aromatic N) is 1. The second-order valence-electron chi connectivity index (χ2n) is 19.6. The molecular weight excluding hydrogens is 663 g/mol. The van der Waals surface area contributed by atoms with Gasteiger partial charge in [-0.2, -0.15) is 0 Å². The first-order valence-electron chi connectivity index (χ1n) is 21.1. The van der Waals surface area contributed by atoms with Gasteiger partial charge in [-0.25, -0.2) is 0 Å². The highest BCUT2D eigenvalue weighted by Crippen LogP contribution is 2.89. The molecule has 1 nitrogen and oxygen atoms in total. The molecule has 272 valence electrons. The van der Waals surface area contributed by atoms with Crippen molar-refractivity contribution in [2.45, 2.75) is 82.5 Å². The molecule has 4 fully saturated rings. The van der Waals surface area contributed by atoms with Crippen molar-refractivity contribution < 1.29 is 0 Å². The van der Waals surface area contributed by atoms with Gasteiger partial charge in [0, 0.05) is 22.4 Å². The van der Waals surface area contributed by atoms with E-state index in [0.29, 0.717) is 5.41 Å². The molecule has 0 N–H and O–H groups in total. The third-order valence-electron chi connectivity index (χ3n) is 16.4. The molecule has 6 atom stereocenters. The van der Waals surface area contributed by atoms with Gasteiger partial charge in [0.15, 0.2) is 0 Å². The molecule has 0 heterocycles. The summed E-state index contributed by atoms with van der Waals surface area (Å²) in [6.07, 6.45) is 8.30. The molecule has 55 heavy (non-hydrogen) atoms. The minimum atomic E-state index is 0.164. The van der Waals surface area contributed by atoms with Crippen molar-refractivity contribution >= 4 is 17.1 Å². The standard InChI is InChI=1S/C54H51N/c1-51(2)25-26-52(3,4)47-29-37(21-24-45(47)51)35-19-22-40(23-20-35)55(39-15-9-6-10-16-39)48-32-43-41-17-11-12-18-44(41)54(46(43)31-42(48)36-13-7-5-8-14-36)49-28-34-27-38-30-50(54)53(38,49)33-34/h5-24,29,31-32,34,38,49-50H,25-28,30,33H2,1-4H3. The predicted molar refractivity (Wildman–Crippen MR) is 228 cm³/mol. The molecule has 2 spiro atoms. The van der Waals surface area contributed by atoms with Crippen LogP contribution in [0.15, 0.2) is 140 Å². The Hall–Kier alpha value is -4.88. The van der Waals surface area contributed by atoms with Crippen molar-refractivity contribution in [3.63, 3.8) is 0 Å². The van der Waals surface area contributed by atoms with Crippen LogP contribution in [0, 0.1) is 29.1 Å². The SMILES string of the molecule is CC1(C)CCC(C)(C)c2cc(-c3ccc(N(c4ccccc4)c4cc5c(cc4-c4ccccc4)C4(c6ccccc6-5)C5CC6CC7CC4C75C6)cc3)ccc21. The number of para-hydroxylation sites is 1. The summed E-state index contributed by atoms with van der Waals surface area (Å²) in [4.78, 5) is 2.53. The molecule has 6 aliphatic carbocycles. The molecular formula is C54H51N. The average Bonchev–Trinajstić information content (AvgIpc) is 3.84. The number of hydrogen-bond acceptors (Lipinski definition) is 1. The van der Waals surface area contributed by atoms with Crippen molar-refractivity contribution in [1.29, 1.82) is 0 Å². The number of anilines is 3. The zero-order chi connectivity index (χ0) is 36.9. The Morgan fingerprint density at radius 1 is 0.473 bits per heavy atom. The Kier molecular flexibility index (Phi) is 6.42. The highest BCUT2D eigenvalue weighted by molar-refractivity contribution is 5.95. The Labute approximate surface area is 327 Å². The van der Waals surface area contributed by atoms with E-state index in [1.807, 2.05) is 0 Å². The monoisotopic (exact) mass is 713 g/mol. The van der Waals surface area contributed by atoms with Crippen molar-refractivity contribution in [1.82, 2.24) is 0 Å².